The van der Waals surface area contributed by atoms with Crippen molar-refractivity contribution in [3.05, 3.63) is 107 Å². The molecule has 5 nitrogen and oxygen atoms in total. The van der Waals surface area contributed by atoms with Gasteiger partial charge < -0.3 is 10.1 Å². The normalized spacial score (nSPS) is 18.3. The minimum Gasteiger partial charge on any atom is -0.468 e. The zero-order valence-corrected chi connectivity index (χ0v) is 18.5. The van der Waals surface area contributed by atoms with Crippen molar-refractivity contribution in [1.29, 1.82) is 0 Å². The molecule has 0 unspecified atom stereocenters. The summed E-state index contributed by atoms with van der Waals surface area (Å²) in [4.78, 5) is 27.8. The maximum absolute atomic E-state index is 13.7. The van der Waals surface area contributed by atoms with E-state index in [0.717, 1.165) is 16.7 Å². The minimum absolute atomic E-state index is 0.117. The Morgan fingerprint density at radius 1 is 1.00 bits per heavy atom. The summed E-state index contributed by atoms with van der Waals surface area (Å²) in [7, 11) is 1.36. The number of ether oxygens (including phenoxy) is 1. The zero-order chi connectivity index (χ0) is 23.2. The molecule has 33 heavy (non-hydrogen) atoms. The molecule has 3 aromatic rings. The summed E-state index contributed by atoms with van der Waals surface area (Å²) >= 11 is 0. The number of hydrogen-bond donors (Lipinski definition) is 1. The van der Waals surface area contributed by atoms with E-state index in [4.69, 9.17) is 4.74 Å². The Labute approximate surface area is 193 Å². The molecule has 0 aromatic heterocycles. The van der Waals surface area contributed by atoms with Gasteiger partial charge in [-0.05, 0) is 35.2 Å². The Kier molecular flexibility index (Phi) is 7.15. The SMILES string of the molecule is COC(=O)[C@@H]1C[C@@H](NC(=O)C(c2ccccc2)c2ccccc2)CN1Cc1cccc(F)c1. The highest BCUT2D eigenvalue weighted by molar-refractivity contribution is 5.87. The van der Waals surface area contributed by atoms with Gasteiger partial charge in [0.25, 0.3) is 0 Å². The molecule has 6 heteroatoms. The Bertz CT molecular complexity index is 1050. The lowest BCUT2D eigenvalue weighted by atomic mass is 9.90. The number of hydrogen-bond acceptors (Lipinski definition) is 4. The first kappa shape index (κ1) is 22.7. The van der Waals surface area contributed by atoms with Crippen molar-refractivity contribution >= 4 is 11.9 Å². The summed E-state index contributed by atoms with van der Waals surface area (Å²) in [5, 5.41) is 3.15. The summed E-state index contributed by atoms with van der Waals surface area (Å²) in [6, 6.07) is 24.9. The number of nitrogens with zero attached hydrogens (tertiary/aromatic N) is 1. The second-order valence-corrected chi connectivity index (χ2v) is 8.29. The van der Waals surface area contributed by atoms with Crippen LogP contribution in [0.3, 0.4) is 0 Å². The van der Waals surface area contributed by atoms with E-state index < -0.39 is 12.0 Å². The molecular formula is C27H27FN2O3. The number of benzene rings is 3. The van der Waals surface area contributed by atoms with Crippen LogP contribution in [0.25, 0.3) is 0 Å². The molecule has 1 saturated heterocycles. The second kappa shape index (κ2) is 10.4. The smallest absolute Gasteiger partial charge is 0.323 e. The summed E-state index contributed by atoms with van der Waals surface area (Å²) in [5.74, 6) is -1.25. The number of carbonyl (C=O) groups is 2. The van der Waals surface area contributed by atoms with Gasteiger partial charge in [-0.1, -0.05) is 72.8 Å². The Morgan fingerprint density at radius 2 is 1.64 bits per heavy atom. The Balaban J connectivity index is 1.53. The lowest BCUT2D eigenvalue weighted by molar-refractivity contribution is -0.146. The van der Waals surface area contributed by atoms with Crippen molar-refractivity contribution in [3.8, 4) is 0 Å². The summed E-state index contributed by atoms with van der Waals surface area (Å²) in [6.07, 6.45) is 0.435. The van der Waals surface area contributed by atoms with E-state index >= 15 is 0 Å². The van der Waals surface area contributed by atoms with Gasteiger partial charge in [0.2, 0.25) is 5.91 Å². The van der Waals surface area contributed by atoms with Gasteiger partial charge in [0, 0.05) is 19.1 Å². The predicted molar refractivity (Wildman–Crippen MR) is 124 cm³/mol. The van der Waals surface area contributed by atoms with Gasteiger partial charge in [0.15, 0.2) is 0 Å². The molecule has 0 aliphatic carbocycles. The first-order chi connectivity index (χ1) is 16.0. The second-order valence-electron chi connectivity index (χ2n) is 8.29. The van der Waals surface area contributed by atoms with E-state index in [1.54, 1.807) is 6.07 Å². The fourth-order valence-electron chi connectivity index (χ4n) is 4.50. The quantitative estimate of drug-likeness (QED) is 0.560. The number of methoxy groups -OCH3 is 1. The van der Waals surface area contributed by atoms with Crippen molar-refractivity contribution < 1.29 is 18.7 Å². The summed E-state index contributed by atoms with van der Waals surface area (Å²) in [5.41, 5.74) is 2.57. The molecular weight excluding hydrogens is 419 g/mol. The van der Waals surface area contributed by atoms with E-state index in [1.807, 2.05) is 71.6 Å². The lowest BCUT2D eigenvalue weighted by Gasteiger charge is -2.22. The average Bonchev–Trinajstić information content (AvgIpc) is 3.22. The molecule has 0 bridgehead atoms. The molecule has 1 amide bonds. The number of carbonyl (C=O) groups excluding carboxylic acids is 2. The van der Waals surface area contributed by atoms with Crippen LogP contribution in [0.2, 0.25) is 0 Å². The van der Waals surface area contributed by atoms with Crippen LogP contribution < -0.4 is 5.32 Å². The molecule has 0 saturated carbocycles. The highest BCUT2D eigenvalue weighted by Crippen LogP contribution is 2.27. The minimum atomic E-state index is -0.504. The van der Waals surface area contributed by atoms with Crippen molar-refractivity contribution in [1.82, 2.24) is 10.2 Å². The van der Waals surface area contributed by atoms with Crippen LogP contribution >= 0.6 is 0 Å². The van der Waals surface area contributed by atoms with E-state index in [9.17, 15) is 14.0 Å². The average molecular weight is 447 g/mol. The van der Waals surface area contributed by atoms with Gasteiger partial charge in [-0.15, -0.1) is 0 Å². The van der Waals surface area contributed by atoms with Gasteiger partial charge in [-0.25, -0.2) is 4.39 Å². The van der Waals surface area contributed by atoms with E-state index in [2.05, 4.69) is 5.32 Å². The van der Waals surface area contributed by atoms with Crippen LogP contribution in [0.4, 0.5) is 4.39 Å². The van der Waals surface area contributed by atoms with Gasteiger partial charge in [-0.2, -0.15) is 0 Å². The Morgan fingerprint density at radius 3 is 2.21 bits per heavy atom. The first-order valence-corrected chi connectivity index (χ1v) is 11.0. The maximum Gasteiger partial charge on any atom is 0.323 e. The third-order valence-corrected chi connectivity index (χ3v) is 6.03. The van der Waals surface area contributed by atoms with E-state index in [1.165, 1.54) is 19.2 Å². The van der Waals surface area contributed by atoms with Crippen molar-refractivity contribution in [3.63, 3.8) is 0 Å². The Hall–Kier alpha value is -3.51. The topological polar surface area (TPSA) is 58.6 Å². The van der Waals surface area contributed by atoms with Gasteiger partial charge in [-0.3, -0.25) is 14.5 Å². The summed E-state index contributed by atoms with van der Waals surface area (Å²) in [6.45, 7) is 0.864. The standard InChI is InChI=1S/C27H27FN2O3/c1-33-27(32)24-16-23(18-30(24)17-19-9-8-14-22(28)15-19)29-26(31)25(20-10-4-2-5-11-20)21-12-6-3-7-13-21/h2-15,23-25H,16-18H2,1H3,(H,29,31)/t23-,24+/m1/s1. The maximum atomic E-state index is 13.7. The van der Waals surface area contributed by atoms with Crippen LogP contribution in [-0.4, -0.2) is 42.5 Å². The molecule has 3 aromatic carbocycles. The number of rotatable bonds is 7. The molecule has 170 valence electrons. The summed E-state index contributed by atoms with van der Waals surface area (Å²) < 4.78 is 18.7. The molecule has 1 N–H and O–H groups in total. The largest absolute Gasteiger partial charge is 0.468 e. The van der Waals surface area contributed by atoms with Crippen molar-refractivity contribution in [2.24, 2.45) is 0 Å². The van der Waals surface area contributed by atoms with Crippen LogP contribution in [0.15, 0.2) is 84.9 Å². The molecule has 2 atom stereocenters. The highest BCUT2D eigenvalue weighted by Gasteiger charge is 2.39. The molecule has 1 aliphatic heterocycles. The number of nitrogens with one attached hydrogen (secondary N) is 1. The monoisotopic (exact) mass is 446 g/mol. The molecule has 1 fully saturated rings. The molecule has 1 heterocycles. The van der Waals surface area contributed by atoms with Crippen LogP contribution in [0.1, 0.15) is 29.0 Å². The number of esters is 1. The van der Waals surface area contributed by atoms with E-state index in [-0.39, 0.29) is 23.7 Å². The fourth-order valence-corrected chi connectivity index (χ4v) is 4.50. The molecule has 0 spiro atoms. The lowest BCUT2D eigenvalue weighted by Crippen LogP contribution is -2.40. The highest BCUT2D eigenvalue weighted by atomic mass is 19.1. The third-order valence-electron chi connectivity index (χ3n) is 6.03. The molecule has 1 aliphatic rings. The third kappa shape index (κ3) is 5.46. The van der Waals surface area contributed by atoms with E-state index in [0.29, 0.717) is 19.5 Å². The van der Waals surface area contributed by atoms with Gasteiger partial charge in [0.05, 0.1) is 13.0 Å². The first-order valence-electron chi connectivity index (χ1n) is 11.0. The van der Waals surface area contributed by atoms with Gasteiger partial charge >= 0.3 is 5.97 Å². The van der Waals surface area contributed by atoms with Crippen molar-refractivity contribution in [2.45, 2.75) is 31.0 Å². The number of likely N-dealkylation sites (tertiary alicyclic amines) is 1. The van der Waals surface area contributed by atoms with Gasteiger partial charge in [0.1, 0.15) is 11.9 Å². The number of amides is 1. The predicted octanol–water partition coefficient (Wildman–Crippen LogP) is 3.89. The van der Waals surface area contributed by atoms with Crippen LogP contribution in [0, 0.1) is 5.82 Å². The molecule has 0 radical (unpaired) electrons. The van der Waals surface area contributed by atoms with Crippen molar-refractivity contribution in [2.75, 3.05) is 13.7 Å². The molecule has 4 rings (SSSR count). The van der Waals surface area contributed by atoms with Crippen LogP contribution in [0.5, 0.6) is 0 Å². The zero-order valence-electron chi connectivity index (χ0n) is 18.5. The number of halogens is 1. The fraction of sp³-hybridized carbons (Fsp3) is 0.259. The van der Waals surface area contributed by atoms with Crippen LogP contribution in [-0.2, 0) is 20.9 Å².